The van der Waals surface area contributed by atoms with Crippen LogP contribution >= 0.6 is 22.9 Å². The monoisotopic (exact) mass is 546 g/mol. The number of Topliss-reactive ketones (excluding diaryl/α,β-unsaturated/α-hetero) is 1. The zero-order valence-corrected chi connectivity index (χ0v) is 21.7. The Hall–Kier alpha value is -4.34. The van der Waals surface area contributed by atoms with E-state index in [9.17, 15) is 14.7 Å². The number of halogens is 1. The van der Waals surface area contributed by atoms with Gasteiger partial charge in [-0.05, 0) is 48.0 Å². The van der Waals surface area contributed by atoms with Crippen molar-refractivity contribution >= 4 is 60.9 Å². The molecule has 0 radical (unpaired) electrons. The molecule has 0 aliphatic carbocycles. The van der Waals surface area contributed by atoms with Crippen molar-refractivity contribution in [2.75, 3.05) is 19.1 Å². The third kappa shape index (κ3) is 3.79. The minimum atomic E-state index is -0.990. The van der Waals surface area contributed by atoms with Gasteiger partial charge in [-0.25, -0.2) is 4.98 Å². The lowest BCUT2D eigenvalue weighted by molar-refractivity contribution is -0.117. The predicted octanol–water partition coefficient (Wildman–Crippen LogP) is 6.50. The van der Waals surface area contributed by atoms with Gasteiger partial charge in [-0.2, -0.15) is 0 Å². The number of amides is 1. The number of aliphatic hydroxyl groups is 1. The second-order valence-electron chi connectivity index (χ2n) is 8.54. The molecular weight excluding hydrogens is 528 g/mol. The molecule has 3 heterocycles. The van der Waals surface area contributed by atoms with Crippen molar-refractivity contribution in [3.05, 3.63) is 94.4 Å². The minimum Gasteiger partial charge on any atom is -0.503 e. The second kappa shape index (κ2) is 9.20. The molecule has 8 nitrogen and oxygen atoms in total. The van der Waals surface area contributed by atoms with Crippen LogP contribution < -0.4 is 14.4 Å². The number of fused-ring (bicyclic) bond motifs is 2. The summed E-state index contributed by atoms with van der Waals surface area (Å²) in [7, 11) is 3.03. The highest BCUT2D eigenvalue weighted by Crippen LogP contribution is 2.45. The summed E-state index contributed by atoms with van der Waals surface area (Å²) >= 11 is 7.39. The molecule has 1 atom stereocenters. The van der Waals surface area contributed by atoms with Gasteiger partial charge >= 0.3 is 0 Å². The number of nitrogens with zero attached hydrogens (tertiary/aromatic N) is 2. The predicted molar refractivity (Wildman–Crippen MR) is 145 cm³/mol. The third-order valence-corrected chi connectivity index (χ3v) is 7.61. The number of carbonyl (C=O) groups excluding carboxylic acids is 2. The van der Waals surface area contributed by atoms with E-state index in [-0.39, 0.29) is 11.3 Å². The molecule has 1 N–H and O–H groups in total. The van der Waals surface area contributed by atoms with Crippen LogP contribution in [0.2, 0.25) is 5.02 Å². The molecule has 1 amide bonds. The third-order valence-electron chi connectivity index (χ3n) is 6.36. The zero-order chi connectivity index (χ0) is 26.6. The number of hydrogen-bond acceptors (Lipinski definition) is 8. The van der Waals surface area contributed by atoms with E-state index < -0.39 is 23.5 Å². The van der Waals surface area contributed by atoms with Crippen molar-refractivity contribution in [2.45, 2.75) is 6.04 Å². The van der Waals surface area contributed by atoms with Crippen molar-refractivity contribution in [3.8, 4) is 11.5 Å². The van der Waals surface area contributed by atoms with Crippen LogP contribution in [0.1, 0.15) is 22.2 Å². The average Bonchev–Trinajstić information content (AvgIpc) is 3.62. The van der Waals surface area contributed by atoms with E-state index in [4.69, 9.17) is 25.5 Å². The number of thiazole rings is 1. The average molecular weight is 547 g/mol. The number of benzene rings is 3. The van der Waals surface area contributed by atoms with Crippen molar-refractivity contribution in [1.82, 2.24) is 4.98 Å². The Bertz CT molecular complexity index is 1790. The second-order valence-corrected chi connectivity index (χ2v) is 9.99. The van der Waals surface area contributed by atoms with Gasteiger partial charge in [0, 0.05) is 10.4 Å². The molecule has 10 heteroatoms. The van der Waals surface area contributed by atoms with Gasteiger partial charge in [0.1, 0.15) is 5.75 Å². The maximum Gasteiger partial charge on any atom is 0.296 e. The van der Waals surface area contributed by atoms with Crippen LogP contribution in [0.4, 0.5) is 5.13 Å². The fourth-order valence-electron chi connectivity index (χ4n) is 4.59. The molecule has 1 aliphatic heterocycles. The largest absolute Gasteiger partial charge is 0.503 e. The number of carbonyl (C=O) groups is 2. The maximum atomic E-state index is 13.9. The number of aromatic nitrogens is 1. The van der Waals surface area contributed by atoms with Crippen molar-refractivity contribution < 1.29 is 28.6 Å². The molecule has 0 spiro atoms. The Morgan fingerprint density at radius 1 is 1.08 bits per heavy atom. The molecule has 190 valence electrons. The van der Waals surface area contributed by atoms with Gasteiger partial charge in [0.15, 0.2) is 28.0 Å². The molecule has 38 heavy (non-hydrogen) atoms. The highest BCUT2D eigenvalue weighted by atomic mass is 35.5. The zero-order valence-electron chi connectivity index (χ0n) is 20.1. The van der Waals surface area contributed by atoms with E-state index in [1.54, 1.807) is 66.7 Å². The Kier molecular flexibility index (Phi) is 5.81. The summed E-state index contributed by atoms with van der Waals surface area (Å²) in [4.78, 5) is 33.4. The highest BCUT2D eigenvalue weighted by Gasteiger charge is 2.46. The molecule has 0 saturated heterocycles. The normalized spacial score (nSPS) is 15.6. The maximum absolute atomic E-state index is 13.9. The molecule has 0 fully saturated rings. The first-order valence-corrected chi connectivity index (χ1v) is 12.7. The molecule has 0 saturated carbocycles. The number of ketones is 1. The summed E-state index contributed by atoms with van der Waals surface area (Å²) in [6, 6.07) is 18.0. The first-order chi connectivity index (χ1) is 18.4. The standard InChI is InChI=1S/C28H19ClN2O6S/c1-35-17-7-3-5-14(11-17)23-22(24(32)20-12-15-6-4-8-19(36-2)26(15)37-20)25(33)27(34)31(23)28-30-18-10-9-16(29)13-21(18)38-28/h3-13,23,33H,1-2H3. The first kappa shape index (κ1) is 24.0. The topological polar surface area (TPSA) is 102 Å². The lowest BCUT2D eigenvalue weighted by Gasteiger charge is -2.24. The van der Waals surface area contributed by atoms with Crippen LogP contribution in [0, 0.1) is 0 Å². The minimum absolute atomic E-state index is 0.0373. The lowest BCUT2D eigenvalue weighted by Crippen LogP contribution is -2.31. The van der Waals surface area contributed by atoms with E-state index in [1.165, 1.54) is 30.5 Å². The van der Waals surface area contributed by atoms with E-state index >= 15 is 0 Å². The van der Waals surface area contributed by atoms with Gasteiger partial charge in [-0.15, -0.1) is 0 Å². The van der Waals surface area contributed by atoms with Crippen LogP contribution in [-0.4, -0.2) is 36.0 Å². The molecular formula is C28H19ClN2O6S. The Labute approximate surface area is 225 Å². The molecule has 6 rings (SSSR count). The van der Waals surface area contributed by atoms with Gasteiger partial charge in [0.25, 0.3) is 5.91 Å². The number of methoxy groups -OCH3 is 2. The highest BCUT2D eigenvalue weighted by molar-refractivity contribution is 7.22. The molecule has 3 aromatic carbocycles. The summed E-state index contributed by atoms with van der Waals surface area (Å²) in [5, 5.41) is 12.6. The van der Waals surface area contributed by atoms with Gasteiger partial charge in [-0.1, -0.05) is 47.2 Å². The molecule has 5 aromatic rings. The number of para-hydroxylation sites is 1. The fraction of sp³-hybridized carbons (Fsp3) is 0.107. The van der Waals surface area contributed by atoms with E-state index in [0.717, 1.165) is 4.70 Å². The Morgan fingerprint density at radius 2 is 1.89 bits per heavy atom. The number of rotatable bonds is 6. The molecule has 2 aromatic heterocycles. The van der Waals surface area contributed by atoms with Crippen LogP contribution in [0.3, 0.4) is 0 Å². The number of anilines is 1. The summed E-state index contributed by atoms with van der Waals surface area (Å²) in [5.74, 6) is -1.11. The summed E-state index contributed by atoms with van der Waals surface area (Å²) in [6.07, 6.45) is 0. The van der Waals surface area contributed by atoms with Crippen LogP contribution in [0.15, 0.2) is 82.5 Å². The van der Waals surface area contributed by atoms with Crippen LogP contribution in [0.5, 0.6) is 11.5 Å². The first-order valence-electron chi connectivity index (χ1n) is 11.5. The Morgan fingerprint density at radius 3 is 2.68 bits per heavy atom. The van der Waals surface area contributed by atoms with Gasteiger partial charge in [0.05, 0.1) is 36.1 Å². The number of aliphatic hydroxyl groups excluding tert-OH is 1. The van der Waals surface area contributed by atoms with Gasteiger partial charge in [0.2, 0.25) is 5.78 Å². The quantitative estimate of drug-likeness (QED) is 0.243. The van der Waals surface area contributed by atoms with Crippen LogP contribution in [-0.2, 0) is 4.79 Å². The summed E-state index contributed by atoms with van der Waals surface area (Å²) < 4.78 is 17.4. The SMILES string of the molecule is COc1cccc(C2C(C(=O)c3cc4cccc(OC)c4o3)=C(O)C(=O)N2c2nc3ccc(Cl)cc3s2)c1. The molecule has 1 unspecified atom stereocenters. The fourth-order valence-corrected chi connectivity index (χ4v) is 5.86. The number of hydrogen-bond donors (Lipinski definition) is 1. The van der Waals surface area contributed by atoms with Crippen LogP contribution in [0.25, 0.3) is 21.2 Å². The van der Waals surface area contributed by atoms with E-state index in [0.29, 0.717) is 43.7 Å². The summed E-state index contributed by atoms with van der Waals surface area (Å²) in [6.45, 7) is 0. The van der Waals surface area contributed by atoms with Gasteiger partial charge < -0.3 is 19.0 Å². The molecule has 0 bridgehead atoms. The lowest BCUT2D eigenvalue weighted by atomic mass is 9.95. The van der Waals surface area contributed by atoms with Crippen molar-refractivity contribution in [3.63, 3.8) is 0 Å². The van der Waals surface area contributed by atoms with E-state index in [2.05, 4.69) is 4.98 Å². The van der Waals surface area contributed by atoms with E-state index in [1.807, 2.05) is 0 Å². The Balaban J connectivity index is 1.52. The molecule has 1 aliphatic rings. The van der Waals surface area contributed by atoms with Gasteiger partial charge in [-0.3, -0.25) is 14.5 Å². The number of ether oxygens (including phenoxy) is 2. The van der Waals surface area contributed by atoms with Crippen molar-refractivity contribution in [1.29, 1.82) is 0 Å². The van der Waals surface area contributed by atoms with Crippen molar-refractivity contribution in [2.24, 2.45) is 0 Å². The number of furan rings is 1. The smallest absolute Gasteiger partial charge is 0.296 e. The summed E-state index contributed by atoms with van der Waals surface area (Å²) in [5.41, 5.74) is 1.45.